The van der Waals surface area contributed by atoms with Gasteiger partial charge in [0.25, 0.3) is 5.91 Å². The number of carbonyl (C=O) groups is 2. The molecule has 1 unspecified atom stereocenters. The van der Waals surface area contributed by atoms with Crippen molar-refractivity contribution in [1.82, 2.24) is 10.2 Å². The molecule has 1 aromatic heterocycles. The van der Waals surface area contributed by atoms with E-state index >= 15 is 0 Å². The summed E-state index contributed by atoms with van der Waals surface area (Å²) in [6.07, 6.45) is 2.19. The van der Waals surface area contributed by atoms with Crippen LogP contribution in [0.15, 0.2) is 78.9 Å². The molecule has 2 amide bonds. The van der Waals surface area contributed by atoms with Gasteiger partial charge in [-0.1, -0.05) is 54.6 Å². The van der Waals surface area contributed by atoms with Crippen LogP contribution in [0.25, 0.3) is 10.1 Å². The van der Waals surface area contributed by atoms with Gasteiger partial charge in [0.15, 0.2) is 0 Å². The molecule has 0 saturated carbocycles. The third-order valence-electron chi connectivity index (χ3n) is 6.36. The lowest BCUT2D eigenvalue weighted by Gasteiger charge is -2.27. The number of carbonyl (C=O) groups excluding carboxylic acids is 2. The first-order valence-electron chi connectivity index (χ1n) is 11.8. The number of thiophene rings is 1. The van der Waals surface area contributed by atoms with E-state index in [0.717, 1.165) is 47.1 Å². The second-order valence-corrected chi connectivity index (χ2v) is 9.88. The summed E-state index contributed by atoms with van der Waals surface area (Å²) < 4.78 is 0.980. The van der Waals surface area contributed by atoms with Crippen molar-refractivity contribution in [2.75, 3.05) is 24.1 Å². The van der Waals surface area contributed by atoms with Crippen molar-refractivity contribution in [3.8, 4) is 0 Å². The third kappa shape index (κ3) is 5.21. The first-order valence-corrected chi connectivity index (χ1v) is 12.7. The summed E-state index contributed by atoms with van der Waals surface area (Å²) in [6.45, 7) is 2.30. The zero-order valence-electron chi connectivity index (χ0n) is 19.4. The minimum atomic E-state index is -0.353. The van der Waals surface area contributed by atoms with E-state index in [1.165, 1.54) is 11.3 Å². The SMILES string of the molecule is Nc1ccccc1NC(=O)c1cc2ccc(C(C(=O)NCc3ccccc3)N3CCCC3)cc2s1. The Balaban J connectivity index is 1.38. The fourth-order valence-electron chi connectivity index (χ4n) is 4.53. The fraction of sp³-hybridized carbons (Fsp3) is 0.214. The van der Waals surface area contributed by atoms with Gasteiger partial charge in [-0.25, -0.2) is 0 Å². The molecule has 3 aromatic carbocycles. The number of amides is 2. The molecule has 178 valence electrons. The summed E-state index contributed by atoms with van der Waals surface area (Å²) >= 11 is 1.42. The number of hydrogen-bond acceptors (Lipinski definition) is 5. The van der Waals surface area contributed by atoms with Gasteiger partial charge in [-0.3, -0.25) is 14.5 Å². The molecule has 5 rings (SSSR count). The number of para-hydroxylation sites is 2. The van der Waals surface area contributed by atoms with E-state index in [4.69, 9.17) is 5.73 Å². The number of nitrogen functional groups attached to an aromatic ring is 1. The smallest absolute Gasteiger partial charge is 0.265 e. The van der Waals surface area contributed by atoms with E-state index in [2.05, 4.69) is 21.6 Å². The third-order valence-corrected chi connectivity index (χ3v) is 7.45. The van der Waals surface area contributed by atoms with Crippen molar-refractivity contribution < 1.29 is 9.59 Å². The van der Waals surface area contributed by atoms with Gasteiger partial charge in [-0.2, -0.15) is 0 Å². The van der Waals surface area contributed by atoms with Crippen LogP contribution in [0, 0.1) is 0 Å². The summed E-state index contributed by atoms with van der Waals surface area (Å²) in [5.41, 5.74) is 9.12. The number of nitrogens with two attached hydrogens (primary N) is 1. The number of likely N-dealkylation sites (tertiary alicyclic amines) is 1. The molecule has 4 N–H and O–H groups in total. The maximum atomic E-state index is 13.4. The monoisotopic (exact) mass is 484 g/mol. The summed E-state index contributed by atoms with van der Waals surface area (Å²) in [5, 5.41) is 7.00. The van der Waals surface area contributed by atoms with E-state index < -0.39 is 0 Å². The Labute approximate surface area is 208 Å². The lowest BCUT2D eigenvalue weighted by Crippen LogP contribution is -2.39. The number of nitrogens with one attached hydrogen (secondary N) is 2. The molecule has 1 saturated heterocycles. The van der Waals surface area contributed by atoms with Gasteiger partial charge in [-0.05, 0) is 66.7 Å². The summed E-state index contributed by atoms with van der Waals surface area (Å²) in [6, 6.07) is 24.8. The predicted octanol–water partition coefficient (Wildman–Crippen LogP) is 5.19. The zero-order valence-corrected chi connectivity index (χ0v) is 20.2. The topological polar surface area (TPSA) is 87.5 Å². The fourth-order valence-corrected chi connectivity index (χ4v) is 5.54. The van der Waals surface area contributed by atoms with Gasteiger partial charge in [0.05, 0.1) is 16.3 Å². The molecule has 7 heteroatoms. The molecular formula is C28H28N4O2S. The maximum Gasteiger partial charge on any atom is 0.265 e. The van der Waals surface area contributed by atoms with Gasteiger partial charge >= 0.3 is 0 Å². The van der Waals surface area contributed by atoms with Crippen LogP contribution in [0.5, 0.6) is 0 Å². The highest BCUT2D eigenvalue weighted by Crippen LogP contribution is 2.32. The second kappa shape index (κ2) is 10.3. The molecule has 1 aliphatic heterocycles. The van der Waals surface area contributed by atoms with E-state index in [-0.39, 0.29) is 17.9 Å². The van der Waals surface area contributed by atoms with E-state index in [9.17, 15) is 9.59 Å². The molecule has 0 spiro atoms. The molecule has 1 fully saturated rings. The van der Waals surface area contributed by atoms with E-state index in [0.29, 0.717) is 22.8 Å². The standard InChI is InChI=1S/C28H28N4O2S/c29-22-10-4-5-11-23(22)31-27(33)25-16-20-12-13-21(17-24(20)35-25)26(32-14-6-7-15-32)28(34)30-18-19-8-2-1-3-9-19/h1-5,8-13,16-17,26H,6-7,14-15,18,29H2,(H,30,34)(H,31,33). The number of benzene rings is 3. The first-order chi connectivity index (χ1) is 17.1. The van der Waals surface area contributed by atoms with Crippen LogP contribution in [0.4, 0.5) is 11.4 Å². The van der Waals surface area contributed by atoms with Crippen molar-refractivity contribution in [3.63, 3.8) is 0 Å². The van der Waals surface area contributed by atoms with Crippen LogP contribution in [-0.2, 0) is 11.3 Å². The highest BCUT2D eigenvalue weighted by Gasteiger charge is 2.30. The summed E-state index contributed by atoms with van der Waals surface area (Å²) in [7, 11) is 0. The van der Waals surface area contributed by atoms with Gasteiger partial charge in [0.2, 0.25) is 5.91 Å². The second-order valence-electron chi connectivity index (χ2n) is 8.80. The summed E-state index contributed by atoms with van der Waals surface area (Å²) in [4.78, 5) is 29.1. The number of anilines is 2. The highest BCUT2D eigenvalue weighted by molar-refractivity contribution is 7.20. The Morgan fingerprint density at radius 1 is 0.943 bits per heavy atom. The lowest BCUT2D eigenvalue weighted by molar-refractivity contribution is -0.126. The van der Waals surface area contributed by atoms with Gasteiger partial charge in [-0.15, -0.1) is 11.3 Å². The molecule has 2 heterocycles. The molecule has 35 heavy (non-hydrogen) atoms. The first kappa shape index (κ1) is 23.1. The maximum absolute atomic E-state index is 13.4. The van der Waals surface area contributed by atoms with Crippen molar-refractivity contribution in [3.05, 3.63) is 94.9 Å². The van der Waals surface area contributed by atoms with Crippen molar-refractivity contribution >= 4 is 44.6 Å². The van der Waals surface area contributed by atoms with Crippen molar-refractivity contribution in [1.29, 1.82) is 0 Å². The average molecular weight is 485 g/mol. The van der Waals surface area contributed by atoms with Crippen LogP contribution in [-0.4, -0.2) is 29.8 Å². The van der Waals surface area contributed by atoms with Crippen LogP contribution in [0.2, 0.25) is 0 Å². The Morgan fingerprint density at radius 2 is 1.69 bits per heavy atom. The molecule has 0 aliphatic carbocycles. The summed E-state index contributed by atoms with van der Waals surface area (Å²) in [5.74, 6) is -0.188. The largest absolute Gasteiger partial charge is 0.397 e. The van der Waals surface area contributed by atoms with Crippen LogP contribution in [0.1, 0.15) is 39.7 Å². The molecular weight excluding hydrogens is 456 g/mol. The Hall–Kier alpha value is -3.68. The minimum Gasteiger partial charge on any atom is -0.397 e. The normalized spacial score (nSPS) is 14.6. The molecule has 4 aromatic rings. The van der Waals surface area contributed by atoms with E-state index in [1.54, 1.807) is 12.1 Å². The molecule has 0 bridgehead atoms. The highest BCUT2D eigenvalue weighted by atomic mass is 32.1. The van der Waals surface area contributed by atoms with E-state index in [1.807, 2.05) is 60.7 Å². The average Bonchev–Trinajstić information content (AvgIpc) is 3.55. The Kier molecular flexibility index (Phi) is 6.79. The number of rotatable bonds is 7. The van der Waals surface area contributed by atoms with Crippen LogP contribution >= 0.6 is 11.3 Å². The predicted molar refractivity (Wildman–Crippen MR) is 142 cm³/mol. The number of fused-ring (bicyclic) bond motifs is 1. The van der Waals surface area contributed by atoms with Gasteiger partial charge in [0.1, 0.15) is 6.04 Å². The quantitative estimate of drug-likeness (QED) is 0.315. The van der Waals surface area contributed by atoms with Crippen LogP contribution in [0.3, 0.4) is 0 Å². The van der Waals surface area contributed by atoms with Gasteiger partial charge < -0.3 is 16.4 Å². The van der Waals surface area contributed by atoms with Crippen LogP contribution < -0.4 is 16.4 Å². The molecule has 6 nitrogen and oxygen atoms in total. The molecule has 0 radical (unpaired) electrons. The molecule has 1 aliphatic rings. The Morgan fingerprint density at radius 3 is 2.46 bits per heavy atom. The zero-order chi connectivity index (χ0) is 24.2. The van der Waals surface area contributed by atoms with Crippen molar-refractivity contribution in [2.45, 2.75) is 25.4 Å². The number of hydrogen-bond donors (Lipinski definition) is 3. The number of nitrogens with zero attached hydrogens (tertiary/aromatic N) is 1. The van der Waals surface area contributed by atoms with Gasteiger partial charge in [0, 0.05) is 11.2 Å². The molecule has 1 atom stereocenters. The minimum absolute atomic E-state index is 0.00387. The van der Waals surface area contributed by atoms with Crippen molar-refractivity contribution in [2.24, 2.45) is 0 Å². The lowest BCUT2D eigenvalue weighted by atomic mass is 10.0. The Bertz CT molecular complexity index is 1350.